The largest absolute Gasteiger partial charge is 0.457 e. The SMILES string of the molecule is Cc1ccc2oc(C(N)c3ccc(F)cc3Br)cc2n1. The van der Waals surface area contributed by atoms with Crippen molar-refractivity contribution < 1.29 is 8.81 Å². The lowest BCUT2D eigenvalue weighted by molar-refractivity contribution is 0.523. The zero-order valence-corrected chi connectivity index (χ0v) is 12.3. The first-order chi connectivity index (χ1) is 9.54. The molecule has 0 saturated heterocycles. The molecule has 3 aromatic rings. The van der Waals surface area contributed by atoms with Gasteiger partial charge < -0.3 is 10.2 Å². The molecular formula is C15H12BrFN2O. The number of rotatable bonds is 2. The van der Waals surface area contributed by atoms with Crippen LogP contribution in [0.3, 0.4) is 0 Å². The molecule has 2 heterocycles. The summed E-state index contributed by atoms with van der Waals surface area (Å²) in [7, 11) is 0. The molecule has 0 saturated carbocycles. The number of furan rings is 1. The molecule has 0 aliphatic heterocycles. The molecule has 3 rings (SSSR count). The predicted octanol–water partition coefficient (Wildman–Crippen LogP) is 4.09. The van der Waals surface area contributed by atoms with Gasteiger partial charge in [-0.25, -0.2) is 9.37 Å². The first-order valence-corrected chi connectivity index (χ1v) is 6.91. The van der Waals surface area contributed by atoms with Crippen LogP contribution in [0.25, 0.3) is 11.1 Å². The molecular weight excluding hydrogens is 323 g/mol. The molecule has 0 aliphatic carbocycles. The van der Waals surface area contributed by atoms with Crippen LogP contribution in [0.15, 0.2) is 45.3 Å². The van der Waals surface area contributed by atoms with Crippen LogP contribution in [0.5, 0.6) is 0 Å². The van der Waals surface area contributed by atoms with Gasteiger partial charge in [0, 0.05) is 16.2 Å². The van der Waals surface area contributed by atoms with Crippen LogP contribution in [0, 0.1) is 12.7 Å². The second-order valence-corrected chi connectivity index (χ2v) is 5.48. The van der Waals surface area contributed by atoms with Gasteiger partial charge in [0.2, 0.25) is 0 Å². The minimum Gasteiger partial charge on any atom is -0.457 e. The summed E-state index contributed by atoms with van der Waals surface area (Å²) in [5, 5.41) is 0. The number of aromatic nitrogens is 1. The summed E-state index contributed by atoms with van der Waals surface area (Å²) >= 11 is 3.32. The van der Waals surface area contributed by atoms with E-state index in [1.165, 1.54) is 12.1 Å². The second-order valence-electron chi connectivity index (χ2n) is 4.63. The maximum atomic E-state index is 13.1. The highest BCUT2D eigenvalue weighted by Gasteiger charge is 2.17. The third-order valence-electron chi connectivity index (χ3n) is 3.14. The van der Waals surface area contributed by atoms with Crippen LogP contribution >= 0.6 is 15.9 Å². The number of nitrogens with zero attached hydrogens (tertiary/aromatic N) is 1. The summed E-state index contributed by atoms with van der Waals surface area (Å²) in [4.78, 5) is 4.39. The van der Waals surface area contributed by atoms with E-state index in [0.717, 1.165) is 16.8 Å². The first kappa shape index (κ1) is 13.3. The predicted molar refractivity (Wildman–Crippen MR) is 78.9 cm³/mol. The van der Waals surface area contributed by atoms with Crippen LogP contribution in [-0.2, 0) is 0 Å². The Morgan fingerprint density at radius 3 is 2.80 bits per heavy atom. The normalized spacial score (nSPS) is 12.8. The third kappa shape index (κ3) is 2.34. The fourth-order valence-electron chi connectivity index (χ4n) is 2.11. The Balaban J connectivity index is 2.05. The van der Waals surface area contributed by atoms with Gasteiger partial charge in [-0.15, -0.1) is 0 Å². The van der Waals surface area contributed by atoms with Crippen molar-refractivity contribution >= 4 is 27.0 Å². The molecule has 0 radical (unpaired) electrons. The number of pyridine rings is 1. The van der Waals surface area contributed by atoms with Gasteiger partial charge in [0.05, 0.1) is 6.04 Å². The zero-order chi connectivity index (χ0) is 14.3. The summed E-state index contributed by atoms with van der Waals surface area (Å²) in [6.07, 6.45) is 0. The highest BCUT2D eigenvalue weighted by atomic mass is 79.9. The van der Waals surface area contributed by atoms with Crippen LogP contribution in [0.4, 0.5) is 4.39 Å². The second kappa shape index (κ2) is 5.00. The molecule has 1 aromatic carbocycles. The lowest BCUT2D eigenvalue weighted by Gasteiger charge is -2.11. The van der Waals surface area contributed by atoms with Crippen LogP contribution in [0.1, 0.15) is 23.1 Å². The number of benzene rings is 1. The lowest BCUT2D eigenvalue weighted by atomic mass is 10.1. The molecule has 1 atom stereocenters. The highest BCUT2D eigenvalue weighted by molar-refractivity contribution is 9.10. The summed E-state index contributed by atoms with van der Waals surface area (Å²) in [5.74, 6) is 0.292. The van der Waals surface area contributed by atoms with Gasteiger partial charge in [0.15, 0.2) is 5.58 Å². The number of hydrogen-bond acceptors (Lipinski definition) is 3. The summed E-state index contributed by atoms with van der Waals surface area (Å²) in [6, 6.07) is 9.52. The maximum Gasteiger partial charge on any atom is 0.152 e. The number of halogens is 2. The average Bonchev–Trinajstić information content (AvgIpc) is 2.81. The van der Waals surface area contributed by atoms with Crippen molar-refractivity contribution in [2.45, 2.75) is 13.0 Å². The summed E-state index contributed by atoms with van der Waals surface area (Å²) in [5.41, 5.74) is 9.34. The van der Waals surface area contributed by atoms with Gasteiger partial charge in [0.25, 0.3) is 0 Å². The number of nitrogens with two attached hydrogens (primary N) is 1. The molecule has 2 N–H and O–H groups in total. The van der Waals surface area contributed by atoms with Crippen molar-refractivity contribution in [3.63, 3.8) is 0 Å². The first-order valence-electron chi connectivity index (χ1n) is 6.12. The van der Waals surface area contributed by atoms with Gasteiger partial charge in [0.1, 0.15) is 17.1 Å². The smallest absolute Gasteiger partial charge is 0.152 e. The van der Waals surface area contributed by atoms with Crippen molar-refractivity contribution in [1.82, 2.24) is 4.98 Å². The van der Waals surface area contributed by atoms with E-state index in [0.29, 0.717) is 15.8 Å². The topological polar surface area (TPSA) is 52.0 Å². The van der Waals surface area contributed by atoms with E-state index in [1.807, 2.05) is 25.1 Å². The Kier molecular flexibility index (Phi) is 3.31. The molecule has 0 spiro atoms. The van der Waals surface area contributed by atoms with Gasteiger partial charge in [-0.05, 0) is 36.8 Å². The van der Waals surface area contributed by atoms with Crippen molar-refractivity contribution in [3.8, 4) is 0 Å². The Morgan fingerprint density at radius 1 is 1.25 bits per heavy atom. The minimum absolute atomic E-state index is 0.310. The van der Waals surface area contributed by atoms with Gasteiger partial charge in [-0.3, -0.25) is 0 Å². The Hall–Kier alpha value is -1.72. The highest BCUT2D eigenvalue weighted by Crippen LogP contribution is 2.30. The zero-order valence-electron chi connectivity index (χ0n) is 10.7. The van der Waals surface area contributed by atoms with Crippen LogP contribution < -0.4 is 5.73 Å². The van der Waals surface area contributed by atoms with Crippen molar-refractivity contribution in [2.24, 2.45) is 5.73 Å². The number of fused-ring (bicyclic) bond motifs is 1. The Labute approximate surface area is 123 Å². The fraction of sp³-hybridized carbons (Fsp3) is 0.133. The molecule has 0 fully saturated rings. The standard InChI is InChI=1S/C15H12BrFN2O/c1-8-2-5-13-12(19-8)7-14(20-13)15(18)10-4-3-9(17)6-11(10)16/h2-7,15H,18H2,1H3. The molecule has 0 bridgehead atoms. The van der Waals surface area contributed by atoms with Gasteiger partial charge in [-0.1, -0.05) is 22.0 Å². The monoisotopic (exact) mass is 334 g/mol. The van der Waals surface area contributed by atoms with Crippen molar-refractivity contribution in [3.05, 3.63) is 63.7 Å². The van der Waals surface area contributed by atoms with Gasteiger partial charge in [-0.2, -0.15) is 0 Å². The third-order valence-corrected chi connectivity index (χ3v) is 3.82. The van der Waals surface area contributed by atoms with Crippen LogP contribution in [-0.4, -0.2) is 4.98 Å². The molecule has 102 valence electrons. The van der Waals surface area contributed by atoms with Gasteiger partial charge >= 0.3 is 0 Å². The Morgan fingerprint density at radius 2 is 2.05 bits per heavy atom. The van der Waals surface area contributed by atoms with E-state index in [2.05, 4.69) is 20.9 Å². The molecule has 5 heteroatoms. The minimum atomic E-state index is -0.473. The lowest BCUT2D eigenvalue weighted by Crippen LogP contribution is -2.11. The molecule has 0 amide bonds. The van der Waals surface area contributed by atoms with E-state index in [-0.39, 0.29) is 5.82 Å². The van der Waals surface area contributed by atoms with E-state index < -0.39 is 6.04 Å². The molecule has 2 aromatic heterocycles. The van der Waals surface area contributed by atoms with E-state index >= 15 is 0 Å². The van der Waals surface area contributed by atoms with Crippen molar-refractivity contribution in [2.75, 3.05) is 0 Å². The summed E-state index contributed by atoms with van der Waals surface area (Å²) in [6.45, 7) is 1.92. The Bertz CT molecular complexity index is 785. The fourth-order valence-corrected chi connectivity index (χ4v) is 2.70. The van der Waals surface area contributed by atoms with E-state index in [1.54, 1.807) is 6.07 Å². The number of hydrogen-bond donors (Lipinski definition) is 1. The molecule has 1 unspecified atom stereocenters. The van der Waals surface area contributed by atoms with Crippen molar-refractivity contribution in [1.29, 1.82) is 0 Å². The quantitative estimate of drug-likeness (QED) is 0.768. The number of aryl methyl sites for hydroxylation is 1. The molecule has 3 nitrogen and oxygen atoms in total. The maximum absolute atomic E-state index is 13.1. The van der Waals surface area contributed by atoms with E-state index in [9.17, 15) is 4.39 Å². The van der Waals surface area contributed by atoms with Crippen LogP contribution in [0.2, 0.25) is 0 Å². The average molecular weight is 335 g/mol. The summed E-state index contributed by atoms with van der Waals surface area (Å²) < 4.78 is 19.5. The molecule has 0 aliphatic rings. The molecule has 20 heavy (non-hydrogen) atoms. The van der Waals surface area contributed by atoms with E-state index in [4.69, 9.17) is 10.2 Å².